The lowest BCUT2D eigenvalue weighted by atomic mass is 10.3. The molecule has 0 unspecified atom stereocenters. The van der Waals surface area contributed by atoms with Crippen molar-refractivity contribution in [2.24, 2.45) is 14.1 Å². The first-order valence-electron chi connectivity index (χ1n) is 7.13. The van der Waals surface area contributed by atoms with Gasteiger partial charge in [-0.05, 0) is 0 Å². The van der Waals surface area contributed by atoms with Crippen LogP contribution in [0.3, 0.4) is 0 Å². The van der Waals surface area contributed by atoms with Gasteiger partial charge < -0.3 is 14.0 Å². The van der Waals surface area contributed by atoms with E-state index in [-0.39, 0.29) is 24.3 Å². The molecule has 0 saturated carbocycles. The molecule has 0 aliphatic rings. The lowest BCUT2D eigenvalue weighted by molar-refractivity contribution is -0.157. The van der Waals surface area contributed by atoms with Gasteiger partial charge in [-0.3, -0.25) is 23.5 Å². The minimum absolute atomic E-state index is 0.0524. The molecule has 24 heavy (non-hydrogen) atoms. The van der Waals surface area contributed by atoms with Gasteiger partial charge in [-0.15, -0.1) is 0 Å². The molecule has 2 heterocycles. The second-order valence-electron chi connectivity index (χ2n) is 5.31. The van der Waals surface area contributed by atoms with Crippen LogP contribution in [0.5, 0.6) is 0 Å². The highest BCUT2D eigenvalue weighted by Crippen LogP contribution is 2.08. The van der Waals surface area contributed by atoms with Gasteiger partial charge in [0.1, 0.15) is 6.61 Å². The Morgan fingerprint density at radius 1 is 1.17 bits per heavy atom. The highest BCUT2D eigenvalue weighted by atomic mass is 16.6. The first-order valence-corrected chi connectivity index (χ1v) is 7.13. The summed E-state index contributed by atoms with van der Waals surface area (Å²) in [4.78, 5) is 50.5. The van der Waals surface area contributed by atoms with Crippen LogP contribution in [0.25, 0.3) is 11.2 Å². The van der Waals surface area contributed by atoms with Crippen molar-refractivity contribution in [3.05, 3.63) is 27.2 Å². The summed E-state index contributed by atoms with van der Waals surface area (Å²) in [5.41, 5.74) is -0.592. The van der Waals surface area contributed by atoms with Gasteiger partial charge in [0.25, 0.3) is 5.56 Å². The number of hydrogen-bond acceptors (Lipinski definition) is 7. The van der Waals surface area contributed by atoms with Crippen LogP contribution >= 0.6 is 0 Å². The quantitative estimate of drug-likeness (QED) is 0.638. The molecule has 0 aromatic carbocycles. The lowest BCUT2D eigenvalue weighted by Gasteiger charge is -2.17. The summed E-state index contributed by atoms with van der Waals surface area (Å²) in [7, 11) is 2.87. The fourth-order valence-electron chi connectivity index (χ4n) is 2.32. The van der Waals surface area contributed by atoms with Crippen LogP contribution in [0.15, 0.2) is 15.9 Å². The van der Waals surface area contributed by atoms with Gasteiger partial charge in [-0.25, -0.2) is 9.78 Å². The van der Waals surface area contributed by atoms with Crippen molar-refractivity contribution in [3.63, 3.8) is 0 Å². The number of carbonyl (C=O) groups is 2. The normalized spacial score (nSPS) is 12.2. The summed E-state index contributed by atoms with van der Waals surface area (Å²) in [5.74, 6) is -1.06. The molecule has 10 nitrogen and oxygen atoms in total. The molecular weight excluding hydrogens is 320 g/mol. The fraction of sp³-hybridized carbons (Fsp3) is 0.500. The van der Waals surface area contributed by atoms with E-state index >= 15 is 0 Å². The van der Waals surface area contributed by atoms with Crippen LogP contribution in [0.1, 0.15) is 13.8 Å². The van der Waals surface area contributed by atoms with Crippen molar-refractivity contribution in [1.29, 1.82) is 0 Å². The molecule has 0 bridgehead atoms. The lowest BCUT2D eigenvalue weighted by Crippen LogP contribution is -2.38. The Morgan fingerprint density at radius 3 is 2.42 bits per heavy atom. The number of carbonyl (C=O) groups excluding carboxylic acids is 2. The number of esters is 2. The fourth-order valence-corrected chi connectivity index (χ4v) is 2.32. The summed E-state index contributed by atoms with van der Waals surface area (Å²) >= 11 is 0. The standard InChI is InChI=1S/C14H18N4O6/c1-8(19)23-6-10(24-9(2)20)5-18-7-15-12-11(18)13(21)17(4)14(22)16(12)3/h7,10H,5-6H2,1-4H3/t10-/m0/s1. The van der Waals surface area contributed by atoms with Gasteiger partial charge in [-0.1, -0.05) is 0 Å². The average Bonchev–Trinajstić information content (AvgIpc) is 2.91. The van der Waals surface area contributed by atoms with Crippen molar-refractivity contribution in [2.75, 3.05) is 6.61 Å². The highest BCUT2D eigenvalue weighted by molar-refractivity contribution is 5.70. The number of ether oxygens (including phenoxy) is 2. The SMILES string of the molecule is CC(=O)OC[C@H](Cn1cnc2c1c(=O)n(C)c(=O)n2C)OC(C)=O. The van der Waals surface area contributed by atoms with Gasteiger partial charge in [0.2, 0.25) is 0 Å². The van der Waals surface area contributed by atoms with E-state index in [1.54, 1.807) is 0 Å². The van der Waals surface area contributed by atoms with Crippen LogP contribution < -0.4 is 11.2 Å². The number of nitrogens with zero attached hydrogens (tertiary/aromatic N) is 4. The predicted molar refractivity (Wildman–Crippen MR) is 82.4 cm³/mol. The number of fused-ring (bicyclic) bond motifs is 1. The second kappa shape index (κ2) is 6.69. The molecule has 0 amide bonds. The third kappa shape index (κ3) is 3.36. The molecule has 0 radical (unpaired) electrons. The van der Waals surface area contributed by atoms with Crippen LogP contribution in [0.4, 0.5) is 0 Å². The van der Waals surface area contributed by atoms with E-state index in [0.29, 0.717) is 0 Å². The van der Waals surface area contributed by atoms with Crippen LogP contribution in [-0.2, 0) is 39.7 Å². The minimum Gasteiger partial charge on any atom is -0.462 e. The maximum absolute atomic E-state index is 12.3. The molecule has 0 aliphatic carbocycles. The summed E-state index contributed by atoms with van der Waals surface area (Å²) < 4.78 is 13.7. The summed E-state index contributed by atoms with van der Waals surface area (Å²) in [6.45, 7) is 2.37. The highest BCUT2D eigenvalue weighted by Gasteiger charge is 2.19. The Labute approximate surface area is 136 Å². The molecule has 130 valence electrons. The molecule has 2 rings (SSSR count). The summed E-state index contributed by atoms with van der Waals surface area (Å²) in [5, 5.41) is 0. The van der Waals surface area contributed by atoms with E-state index in [2.05, 4.69) is 4.98 Å². The molecule has 0 aliphatic heterocycles. The second-order valence-corrected chi connectivity index (χ2v) is 5.31. The summed E-state index contributed by atoms with van der Waals surface area (Å²) in [6.07, 6.45) is 0.584. The Morgan fingerprint density at radius 2 is 1.83 bits per heavy atom. The van der Waals surface area contributed by atoms with E-state index < -0.39 is 29.3 Å². The van der Waals surface area contributed by atoms with E-state index in [1.165, 1.54) is 43.4 Å². The van der Waals surface area contributed by atoms with Crippen molar-refractivity contribution >= 4 is 23.1 Å². The van der Waals surface area contributed by atoms with Gasteiger partial charge >= 0.3 is 17.6 Å². The smallest absolute Gasteiger partial charge is 0.332 e. The third-order valence-corrected chi connectivity index (χ3v) is 3.42. The molecule has 1 atom stereocenters. The first kappa shape index (κ1) is 17.4. The number of rotatable bonds is 5. The van der Waals surface area contributed by atoms with Crippen molar-refractivity contribution < 1.29 is 19.1 Å². The number of aryl methyl sites for hydroxylation is 1. The molecule has 2 aromatic heterocycles. The van der Waals surface area contributed by atoms with E-state index in [4.69, 9.17) is 9.47 Å². The zero-order valence-corrected chi connectivity index (χ0v) is 13.8. The molecule has 0 spiro atoms. The van der Waals surface area contributed by atoms with Gasteiger partial charge in [-0.2, -0.15) is 0 Å². The van der Waals surface area contributed by atoms with Crippen LogP contribution in [0, 0.1) is 0 Å². The Bertz CT molecular complexity index is 906. The van der Waals surface area contributed by atoms with Crippen LogP contribution in [0.2, 0.25) is 0 Å². The summed E-state index contributed by atoms with van der Waals surface area (Å²) in [6, 6.07) is 0. The van der Waals surface area contributed by atoms with Gasteiger partial charge in [0.15, 0.2) is 17.3 Å². The topological polar surface area (TPSA) is 114 Å². The van der Waals surface area contributed by atoms with E-state index in [0.717, 1.165) is 4.57 Å². The molecule has 0 saturated heterocycles. The zero-order chi connectivity index (χ0) is 18.0. The Hall–Kier alpha value is -2.91. The van der Waals surface area contributed by atoms with E-state index in [9.17, 15) is 19.2 Å². The number of aromatic nitrogens is 4. The Kier molecular flexibility index (Phi) is 4.86. The molecule has 0 fully saturated rings. The van der Waals surface area contributed by atoms with Crippen molar-refractivity contribution in [1.82, 2.24) is 18.7 Å². The minimum atomic E-state index is -0.786. The third-order valence-electron chi connectivity index (χ3n) is 3.42. The maximum atomic E-state index is 12.3. The maximum Gasteiger partial charge on any atom is 0.332 e. The first-order chi connectivity index (χ1) is 11.2. The Balaban J connectivity index is 2.44. The van der Waals surface area contributed by atoms with E-state index in [1.807, 2.05) is 0 Å². The largest absolute Gasteiger partial charge is 0.462 e. The zero-order valence-electron chi connectivity index (χ0n) is 13.8. The molecular formula is C14H18N4O6. The predicted octanol–water partition coefficient (Wildman–Crippen LogP) is -1.07. The number of hydrogen-bond donors (Lipinski definition) is 0. The molecule has 2 aromatic rings. The van der Waals surface area contributed by atoms with Crippen LogP contribution in [-0.4, -0.2) is 43.3 Å². The van der Waals surface area contributed by atoms with Gasteiger partial charge in [0, 0.05) is 27.9 Å². The van der Waals surface area contributed by atoms with Crippen molar-refractivity contribution in [2.45, 2.75) is 26.5 Å². The van der Waals surface area contributed by atoms with Crippen molar-refractivity contribution in [3.8, 4) is 0 Å². The molecule has 10 heteroatoms. The number of imidazole rings is 1. The average molecular weight is 338 g/mol. The van der Waals surface area contributed by atoms with Gasteiger partial charge in [0.05, 0.1) is 12.9 Å². The monoisotopic (exact) mass is 338 g/mol. The molecule has 0 N–H and O–H groups in total.